The van der Waals surface area contributed by atoms with Gasteiger partial charge < -0.3 is 5.73 Å². The van der Waals surface area contributed by atoms with Crippen LogP contribution in [0.5, 0.6) is 0 Å². The summed E-state index contributed by atoms with van der Waals surface area (Å²) in [7, 11) is 1.96. The van der Waals surface area contributed by atoms with E-state index in [4.69, 9.17) is 5.73 Å². The molecule has 96 valence electrons. The predicted octanol–water partition coefficient (Wildman–Crippen LogP) is 2.60. The summed E-state index contributed by atoms with van der Waals surface area (Å²) in [6.45, 7) is 2.00. The molecule has 0 aliphatic rings. The Morgan fingerprint density at radius 2 is 1.94 bits per heavy atom. The van der Waals surface area contributed by atoms with E-state index in [9.17, 15) is 0 Å². The van der Waals surface area contributed by atoms with E-state index in [0.29, 0.717) is 0 Å². The molecule has 0 bridgehead atoms. The van der Waals surface area contributed by atoms with Crippen LogP contribution in [-0.2, 0) is 19.9 Å². The molecule has 2 N–H and O–H groups in total. The van der Waals surface area contributed by atoms with Crippen LogP contribution in [0.3, 0.4) is 0 Å². The molecule has 3 nitrogen and oxygen atoms in total. The number of benzene rings is 1. The molecule has 0 saturated heterocycles. The summed E-state index contributed by atoms with van der Waals surface area (Å²) in [5, 5.41) is 4.38. The molecule has 0 saturated carbocycles. The Kier molecular flexibility index (Phi) is 4.19. The number of hydrogen-bond donors (Lipinski definition) is 1. The smallest absolute Gasteiger partial charge is 0.0738 e. The second-order valence-corrected chi connectivity index (χ2v) is 5.42. The Morgan fingerprint density at radius 1 is 1.28 bits per heavy atom. The summed E-state index contributed by atoms with van der Waals surface area (Å²) in [5.74, 6) is 0. The average molecular weight is 308 g/mol. The van der Waals surface area contributed by atoms with Crippen molar-refractivity contribution in [1.82, 2.24) is 9.78 Å². The molecular weight excluding hydrogens is 290 g/mol. The first-order chi connectivity index (χ1) is 8.58. The van der Waals surface area contributed by atoms with E-state index >= 15 is 0 Å². The predicted molar refractivity (Wildman–Crippen MR) is 77.5 cm³/mol. The quantitative estimate of drug-likeness (QED) is 0.943. The molecule has 1 aromatic heterocycles. The van der Waals surface area contributed by atoms with Gasteiger partial charge in [-0.3, -0.25) is 4.68 Å². The highest BCUT2D eigenvalue weighted by molar-refractivity contribution is 9.10. The number of nitrogens with zero attached hydrogens (tertiary/aromatic N) is 2. The van der Waals surface area contributed by atoms with E-state index in [-0.39, 0.29) is 6.04 Å². The van der Waals surface area contributed by atoms with Gasteiger partial charge in [0, 0.05) is 19.5 Å². The van der Waals surface area contributed by atoms with Crippen LogP contribution in [0.25, 0.3) is 0 Å². The molecule has 0 radical (unpaired) electrons. The lowest BCUT2D eigenvalue weighted by Gasteiger charge is -2.12. The fourth-order valence-corrected chi connectivity index (χ4v) is 2.64. The lowest BCUT2D eigenvalue weighted by Crippen LogP contribution is -2.26. The van der Waals surface area contributed by atoms with Crippen LogP contribution < -0.4 is 5.73 Å². The summed E-state index contributed by atoms with van der Waals surface area (Å²) in [6, 6.07) is 10.5. The summed E-state index contributed by atoms with van der Waals surface area (Å²) < 4.78 is 2.98. The fourth-order valence-electron chi connectivity index (χ4n) is 2.14. The zero-order valence-electron chi connectivity index (χ0n) is 10.7. The van der Waals surface area contributed by atoms with Gasteiger partial charge in [-0.25, -0.2) is 0 Å². The van der Waals surface area contributed by atoms with Crippen molar-refractivity contribution in [2.75, 3.05) is 0 Å². The van der Waals surface area contributed by atoms with E-state index < -0.39 is 0 Å². The molecule has 1 heterocycles. The van der Waals surface area contributed by atoms with Gasteiger partial charge in [0.15, 0.2) is 0 Å². The van der Waals surface area contributed by atoms with Crippen molar-refractivity contribution in [1.29, 1.82) is 0 Å². The average Bonchev–Trinajstić information content (AvgIpc) is 2.57. The molecular formula is C14H18BrN3. The standard InChI is InChI=1S/C14H18BrN3/c1-10-14(15)13(18(2)17-10)9-12(16)8-11-6-4-3-5-7-11/h3-7,12H,8-9,16H2,1-2H3. The first kappa shape index (κ1) is 13.3. The monoisotopic (exact) mass is 307 g/mol. The Labute approximate surface area is 116 Å². The molecule has 2 rings (SSSR count). The van der Waals surface area contributed by atoms with Gasteiger partial charge in [-0.05, 0) is 34.8 Å². The Morgan fingerprint density at radius 3 is 2.50 bits per heavy atom. The van der Waals surface area contributed by atoms with Gasteiger partial charge in [-0.1, -0.05) is 30.3 Å². The molecule has 18 heavy (non-hydrogen) atoms. The summed E-state index contributed by atoms with van der Waals surface area (Å²) >= 11 is 3.58. The topological polar surface area (TPSA) is 43.8 Å². The Balaban J connectivity index is 2.05. The van der Waals surface area contributed by atoms with Crippen LogP contribution in [0, 0.1) is 6.92 Å². The molecule has 0 amide bonds. The fraction of sp³-hybridized carbons (Fsp3) is 0.357. The number of rotatable bonds is 4. The van der Waals surface area contributed by atoms with Gasteiger partial charge in [-0.2, -0.15) is 5.10 Å². The third-order valence-electron chi connectivity index (χ3n) is 3.06. The van der Waals surface area contributed by atoms with Gasteiger partial charge >= 0.3 is 0 Å². The molecule has 4 heteroatoms. The molecule has 1 aromatic carbocycles. The van der Waals surface area contributed by atoms with Crippen LogP contribution in [0.4, 0.5) is 0 Å². The van der Waals surface area contributed by atoms with Gasteiger partial charge in [0.2, 0.25) is 0 Å². The van der Waals surface area contributed by atoms with Crippen molar-refractivity contribution in [3.63, 3.8) is 0 Å². The molecule has 1 unspecified atom stereocenters. The van der Waals surface area contributed by atoms with Gasteiger partial charge in [-0.15, -0.1) is 0 Å². The van der Waals surface area contributed by atoms with Gasteiger partial charge in [0.05, 0.1) is 15.9 Å². The first-order valence-corrected chi connectivity index (χ1v) is 6.84. The number of aromatic nitrogens is 2. The van der Waals surface area contributed by atoms with E-state index in [1.807, 2.05) is 36.9 Å². The number of aryl methyl sites for hydroxylation is 2. The van der Waals surface area contributed by atoms with Crippen LogP contribution in [0.15, 0.2) is 34.8 Å². The number of nitrogens with two attached hydrogens (primary N) is 1. The first-order valence-electron chi connectivity index (χ1n) is 6.05. The molecule has 0 aliphatic heterocycles. The maximum Gasteiger partial charge on any atom is 0.0738 e. The van der Waals surface area contributed by atoms with Crippen molar-refractivity contribution >= 4 is 15.9 Å². The maximum atomic E-state index is 6.22. The molecule has 1 atom stereocenters. The second-order valence-electron chi connectivity index (χ2n) is 4.62. The largest absolute Gasteiger partial charge is 0.327 e. The van der Waals surface area contributed by atoms with E-state index in [1.54, 1.807) is 0 Å². The SMILES string of the molecule is Cc1nn(C)c(CC(N)Cc2ccccc2)c1Br. The summed E-state index contributed by atoms with van der Waals surface area (Å²) in [6.07, 6.45) is 1.71. The Hall–Kier alpha value is -1.13. The summed E-state index contributed by atoms with van der Waals surface area (Å²) in [4.78, 5) is 0. The van der Waals surface area contributed by atoms with Gasteiger partial charge in [0.25, 0.3) is 0 Å². The second kappa shape index (κ2) is 5.67. The van der Waals surface area contributed by atoms with Crippen molar-refractivity contribution in [2.45, 2.75) is 25.8 Å². The minimum Gasteiger partial charge on any atom is -0.327 e. The highest BCUT2D eigenvalue weighted by atomic mass is 79.9. The lowest BCUT2D eigenvalue weighted by atomic mass is 10.0. The van der Waals surface area contributed by atoms with Crippen LogP contribution in [0.2, 0.25) is 0 Å². The van der Waals surface area contributed by atoms with Crippen molar-refractivity contribution < 1.29 is 0 Å². The zero-order valence-corrected chi connectivity index (χ0v) is 12.3. The Bertz CT molecular complexity index is 519. The molecule has 2 aromatic rings. The van der Waals surface area contributed by atoms with Crippen LogP contribution in [-0.4, -0.2) is 15.8 Å². The van der Waals surface area contributed by atoms with Crippen LogP contribution >= 0.6 is 15.9 Å². The minimum atomic E-state index is 0.110. The normalized spacial score (nSPS) is 12.7. The van der Waals surface area contributed by atoms with Crippen LogP contribution in [0.1, 0.15) is 17.0 Å². The van der Waals surface area contributed by atoms with Crippen molar-refractivity contribution in [2.24, 2.45) is 12.8 Å². The molecule has 0 fully saturated rings. The van der Waals surface area contributed by atoms with Crippen molar-refractivity contribution in [3.05, 3.63) is 51.8 Å². The van der Waals surface area contributed by atoms with E-state index in [0.717, 1.165) is 28.7 Å². The lowest BCUT2D eigenvalue weighted by molar-refractivity contribution is 0.611. The highest BCUT2D eigenvalue weighted by Gasteiger charge is 2.14. The third-order valence-corrected chi connectivity index (χ3v) is 4.09. The van der Waals surface area contributed by atoms with Gasteiger partial charge in [0.1, 0.15) is 0 Å². The molecule has 0 spiro atoms. The highest BCUT2D eigenvalue weighted by Crippen LogP contribution is 2.21. The number of hydrogen-bond acceptors (Lipinski definition) is 2. The third kappa shape index (κ3) is 3.00. The summed E-state index contributed by atoms with van der Waals surface area (Å²) in [5.41, 5.74) is 9.68. The van der Waals surface area contributed by atoms with E-state index in [1.165, 1.54) is 5.56 Å². The van der Waals surface area contributed by atoms with Crippen molar-refractivity contribution in [3.8, 4) is 0 Å². The maximum absolute atomic E-state index is 6.22. The minimum absolute atomic E-state index is 0.110. The zero-order chi connectivity index (χ0) is 13.1. The van der Waals surface area contributed by atoms with E-state index in [2.05, 4.69) is 33.2 Å². The molecule has 0 aliphatic carbocycles. The number of halogens is 1.